The van der Waals surface area contributed by atoms with E-state index in [1.54, 1.807) is 0 Å². The van der Waals surface area contributed by atoms with E-state index in [0.29, 0.717) is 13.0 Å². The maximum Gasteiger partial charge on any atom is 0.305 e. The normalized spacial score (nSPS) is 23.3. The average molecular weight is 334 g/mol. The van der Waals surface area contributed by atoms with Crippen molar-refractivity contribution in [3.05, 3.63) is 0 Å². The van der Waals surface area contributed by atoms with E-state index in [1.807, 2.05) is 21.6 Å². The van der Waals surface area contributed by atoms with Gasteiger partial charge >= 0.3 is 5.97 Å². The van der Waals surface area contributed by atoms with Crippen molar-refractivity contribution in [1.82, 2.24) is 4.90 Å². The van der Waals surface area contributed by atoms with Gasteiger partial charge in [-0.1, -0.05) is 28.0 Å². The minimum Gasteiger partial charge on any atom is -0.466 e. The summed E-state index contributed by atoms with van der Waals surface area (Å²) in [4.78, 5) is 14.0. The Morgan fingerprint density at radius 3 is 2.86 bits per heavy atom. The van der Waals surface area contributed by atoms with Crippen LogP contribution in [0.1, 0.15) is 38.5 Å². The molecule has 21 heavy (non-hydrogen) atoms. The second-order valence-electron chi connectivity index (χ2n) is 5.60. The lowest BCUT2D eigenvalue weighted by Gasteiger charge is -2.26. The van der Waals surface area contributed by atoms with Crippen LogP contribution in [0.4, 0.5) is 0 Å². The fraction of sp³-hybridized carbons (Fsp3) is 0.933. The minimum absolute atomic E-state index is 0.0228. The minimum atomic E-state index is -0.0228. The molecular formula is C15H27NO3S2. The van der Waals surface area contributed by atoms with E-state index in [1.165, 1.54) is 18.6 Å². The Hall–Kier alpha value is 0.0900. The zero-order valence-corrected chi connectivity index (χ0v) is 14.4. The Labute approximate surface area is 136 Å². The van der Waals surface area contributed by atoms with Gasteiger partial charge in [0.25, 0.3) is 0 Å². The number of carbonyl (C=O) groups excluding carboxylic acids is 1. The highest BCUT2D eigenvalue weighted by Gasteiger charge is 2.16. The van der Waals surface area contributed by atoms with E-state index in [0.717, 1.165) is 57.4 Å². The molecule has 2 aliphatic heterocycles. The van der Waals surface area contributed by atoms with Crippen molar-refractivity contribution >= 4 is 27.6 Å². The zero-order valence-electron chi connectivity index (χ0n) is 12.8. The molecule has 0 aliphatic carbocycles. The highest BCUT2D eigenvalue weighted by atomic mass is 33.1. The molecular weight excluding hydrogens is 306 g/mol. The monoisotopic (exact) mass is 333 g/mol. The van der Waals surface area contributed by atoms with Gasteiger partial charge in [-0.05, 0) is 25.7 Å². The third-order valence-electron chi connectivity index (χ3n) is 3.87. The zero-order chi connectivity index (χ0) is 14.8. The lowest BCUT2D eigenvalue weighted by atomic mass is 10.1. The first-order valence-electron chi connectivity index (χ1n) is 8.08. The molecule has 2 saturated heterocycles. The highest BCUT2D eigenvalue weighted by molar-refractivity contribution is 8.77. The lowest BCUT2D eigenvalue weighted by Crippen LogP contribution is -2.37. The molecule has 0 aromatic heterocycles. The lowest BCUT2D eigenvalue weighted by molar-refractivity contribution is -0.144. The Morgan fingerprint density at radius 1 is 1.24 bits per heavy atom. The van der Waals surface area contributed by atoms with Crippen LogP contribution in [-0.4, -0.2) is 61.3 Å². The van der Waals surface area contributed by atoms with Gasteiger partial charge in [0, 0.05) is 37.1 Å². The summed E-state index contributed by atoms with van der Waals surface area (Å²) in [5.41, 5.74) is 0. The number of esters is 1. The van der Waals surface area contributed by atoms with Crippen LogP contribution in [0.3, 0.4) is 0 Å². The second kappa shape index (κ2) is 10.8. The molecule has 2 rings (SSSR count). The fourth-order valence-electron chi connectivity index (χ4n) is 2.58. The van der Waals surface area contributed by atoms with Crippen molar-refractivity contribution in [3.63, 3.8) is 0 Å². The smallest absolute Gasteiger partial charge is 0.305 e. The summed E-state index contributed by atoms with van der Waals surface area (Å²) >= 11 is 0. The van der Waals surface area contributed by atoms with Crippen molar-refractivity contribution in [3.8, 4) is 0 Å². The fourth-order valence-corrected chi connectivity index (χ4v) is 5.60. The Bertz CT molecular complexity index is 293. The SMILES string of the molecule is O=C(CCCC[C@@H]1CCSS1)OCCCN1CCOCC1. The largest absolute Gasteiger partial charge is 0.466 e. The van der Waals surface area contributed by atoms with Gasteiger partial charge in [0.2, 0.25) is 0 Å². The number of carbonyl (C=O) groups is 1. The second-order valence-corrected chi connectivity index (χ2v) is 8.39. The summed E-state index contributed by atoms with van der Waals surface area (Å²) in [6, 6.07) is 0. The summed E-state index contributed by atoms with van der Waals surface area (Å²) in [6.07, 6.45) is 6.23. The Balaban J connectivity index is 1.38. The number of hydrogen-bond acceptors (Lipinski definition) is 6. The van der Waals surface area contributed by atoms with Gasteiger partial charge in [-0.25, -0.2) is 0 Å². The number of morpholine rings is 1. The molecule has 0 amide bonds. The molecule has 2 heterocycles. The standard InChI is InChI=1S/C15H27NO3S2/c17-15(5-2-1-4-14-6-13-20-21-14)19-10-3-7-16-8-11-18-12-9-16/h14H,1-13H2/t14-/m1/s1. The molecule has 6 heteroatoms. The van der Waals surface area contributed by atoms with Crippen LogP contribution < -0.4 is 0 Å². The van der Waals surface area contributed by atoms with E-state index < -0.39 is 0 Å². The van der Waals surface area contributed by atoms with Gasteiger partial charge in [-0.15, -0.1) is 0 Å². The highest BCUT2D eigenvalue weighted by Crippen LogP contribution is 2.39. The van der Waals surface area contributed by atoms with Gasteiger partial charge in [0.05, 0.1) is 19.8 Å². The first kappa shape index (κ1) is 17.4. The van der Waals surface area contributed by atoms with Crippen molar-refractivity contribution in [2.45, 2.75) is 43.8 Å². The van der Waals surface area contributed by atoms with E-state index >= 15 is 0 Å². The Morgan fingerprint density at radius 2 is 2.10 bits per heavy atom. The quantitative estimate of drug-likeness (QED) is 0.367. The number of rotatable bonds is 9. The molecule has 0 N–H and O–H groups in total. The van der Waals surface area contributed by atoms with Crippen LogP contribution in [0, 0.1) is 0 Å². The molecule has 2 aliphatic rings. The summed E-state index contributed by atoms with van der Waals surface area (Å²) < 4.78 is 10.6. The third kappa shape index (κ3) is 7.77. The van der Waals surface area contributed by atoms with E-state index in [-0.39, 0.29) is 5.97 Å². The molecule has 4 nitrogen and oxygen atoms in total. The first-order valence-corrected chi connectivity index (χ1v) is 10.5. The molecule has 122 valence electrons. The van der Waals surface area contributed by atoms with Gasteiger partial charge in [0.1, 0.15) is 0 Å². The molecule has 0 radical (unpaired) electrons. The summed E-state index contributed by atoms with van der Waals surface area (Å²) in [5.74, 6) is 1.27. The molecule has 0 bridgehead atoms. The van der Waals surface area contributed by atoms with Crippen molar-refractivity contribution in [2.75, 3.05) is 45.2 Å². The predicted molar refractivity (Wildman–Crippen MR) is 89.8 cm³/mol. The molecule has 0 aromatic carbocycles. The van der Waals surface area contributed by atoms with E-state index in [2.05, 4.69) is 4.90 Å². The van der Waals surface area contributed by atoms with Crippen LogP contribution in [0.5, 0.6) is 0 Å². The molecule has 1 atom stereocenters. The molecule has 0 unspecified atom stereocenters. The van der Waals surface area contributed by atoms with Crippen molar-refractivity contribution in [1.29, 1.82) is 0 Å². The molecule has 0 spiro atoms. The average Bonchev–Trinajstić information content (AvgIpc) is 3.02. The summed E-state index contributed by atoms with van der Waals surface area (Å²) in [6.45, 7) is 5.24. The number of nitrogens with zero attached hydrogens (tertiary/aromatic N) is 1. The number of unbranched alkanes of at least 4 members (excludes halogenated alkanes) is 1. The Kier molecular flexibility index (Phi) is 8.93. The van der Waals surface area contributed by atoms with Gasteiger partial charge in [0.15, 0.2) is 0 Å². The van der Waals surface area contributed by atoms with Crippen LogP contribution in [-0.2, 0) is 14.3 Å². The first-order chi connectivity index (χ1) is 10.3. The van der Waals surface area contributed by atoms with Crippen LogP contribution in [0.25, 0.3) is 0 Å². The van der Waals surface area contributed by atoms with Crippen molar-refractivity contribution in [2.24, 2.45) is 0 Å². The summed E-state index contributed by atoms with van der Waals surface area (Å²) in [7, 11) is 4.00. The predicted octanol–water partition coefficient (Wildman–Crippen LogP) is 2.97. The number of hydrogen-bond donors (Lipinski definition) is 0. The summed E-state index contributed by atoms with van der Waals surface area (Å²) in [5, 5.41) is 0.819. The van der Waals surface area contributed by atoms with Gasteiger partial charge in [-0.2, -0.15) is 0 Å². The van der Waals surface area contributed by atoms with Crippen LogP contribution >= 0.6 is 21.6 Å². The molecule has 2 fully saturated rings. The van der Waals surface area contributed by atoms with Gasteiger partial charge in [-0.3, -0.25) is 9.69 Å². The molecule has 0 aromatic rings. The maximum absolute atomic E-state index is 11.6. The maximum atomic E-state index is 11.6. The van der Waals surface area contributed by atoms with Crippen LogP contribution in [0.2, 0.25) is 0 Å². The molecule has 0 saturated carbocycles. The van der Waals surface area contributed by atoms with Gasteiger partial charge < -0.3 is 9.47 Å². The van der Waals surface area contributed by atoms with E-state index in [4.69, 9.17) is 9.47 Å². The van der Waals surface area contributed by atoms with Crippen LogP contribution in [0.15, 0.2) is 0 Å². The van der Waals surface area contributed by atoms with E-state index in [9.17, 15) is 4.79 Å². The topological polar surface area (TPSA) is 38.8 Å². The van der Waals surface area contributed by atoms with Crippen molar-refractivity contribution < 1.29 is 14.3 Å². The number of ether oxygens (including phenoxy) is 2. The third-order valence-corrected chi connectivity index (χ3v) is 6.88.